The molecule has 1 rings (SSSR count). The highest BCUT2D eigenvalue weighted by Gasteiger charge is 2.03. The van der Waals surface area contributed by atoms with Crippen LogP contribution in [-0.4, -0.2) is 25.0 Å². The number of nitrogens with two attached hydrogens (primary N) is 1. The average molecular weight is 346 g/mol. The number of nitrogens with one attached hydrogen (secondary N) is 1. The highest BCUT2D eigenvalue weighted by molar-refractivity contribution is 5.86. The minimum absolute atomic E-state index is 0.0966. The number of esters is 1. The summed E-state index contributed by atoms with van der Waals surface area (Å²) in [6.45, 7) is 6.25. The molecule has 5 nitrogen and oxygen atoms in total. The first-order valence-electron chi connectivity index (χ1n) is 8.93. The topological polar surface area (TPSA) is 81.4 Å². The number of carbonyl (C=O) groups excluding carboxylic acids is 2. The maximum atomic E-state index is 11.8. The van der Waals surface area contributed by atoms with Crippen molar-refractivity contribution in [3.63, 3.8) is 0 Å². The summed E-state index contributed by atoms with van der Waals surface area (Å²) < 4.78 is 5.03. The van der Waals surface area contributed by atoms with Gasteiger partial charge in [0.1, 0.15) is 0 Å². The second kappa shape index (κ2) is 12.1. The lowest BCUT2D eigenvalue weighted by Gasteiger charge is -2.06. The van der Waals surface area contributed by atoms with Crippen molar-refractivity contribution in [3.8, 4) is 0 Å². The van der Waals surface area contributed by atoms with E-state index in [0.717, 1.165) is 49.8 Å². The van der Waals surface area contributed by atoms with Crippen molar-refractivity contribution >= 4 is 17.6 Å². The zero-order valence-electron chi connectivity index (χ0n) is 15.2. The summed E-state index contributed by atoms with van der Waals surface area (Å²) in [5.74, 6) is -0.228. The molecular formula is C20H30N2O3. The van der Waals surface area contributed by atoms with Gasteiger partial charge in [0.2, 0.25) is 5.91 Å². The summed E-state index contributed by atoms with van der Waals surface area (Å²) in [5.41, 5.74) is 8.04. The van der Waals surface area contributed by atoms with Crippen molar-refractivity contribution in [1.29, 1.82) is 0 Å². The number of ether oxygens (including phenoxy) is 1. The van der Waals surface area contributed by atoms with Gasteiger partial charge < -0.3 is 15.8 Å². The molecule has 25 heavy (non-hydrogen) atoms. The van der Waals surface area contributed by atoms with Crippen molar-refractivity contribution in [1.82, 2.24) is 5.32 Å². The lowest BCUT2D eigenvalue weighted by molar-refractivity contribution is -0.139. The van der Waals surface area contributed by atoms with Crippen LogP contribution in [0.1, 0.15) is 51.0 Å². The third-order valence-electron chi connectivity index (χ3n) is 3.82. The van der Waals surface area contributed by atoms with Gasteiger partial charge in [-0.25, -0.2) is 4.79 Å². The van der Waals surface area contributed by atoms with E-state index in [2.05, 4.69) is 11.9 Å². The van der Waals surface area contributed by atoms with Crippen molar-refractivity contribution < 1.29 is 14.3 Å². The average Bonchev–Trinajstić information content (AvgIpc) is 2.57. The summed E-state index contributed by atoms with van der Waals surface area (Å²) in [4.78, 5) is 22.9. The van der Waals surface area contributed by atoms with Crippen molar-refractivity contribution in [2.45, 2.75) is 51.9 Å². The van der Waals surface area contributed by atoms with Crippen LogP contribution in [0.3, 0.4) is 0 Å². The summed E-state index contributed by atoms with van der Waals surface area (Å²) >= 11 is 0. The van der Waals surface area contributed by atoms with Gasteiger partial charge in [-0.05, 0) is 43.9 Å². The van der Waals surface area contributed by atoms with E-state index in [1.807, 2.05) is 24.3 Å². The molecule has 0 spiro atoms. The van der Waals surface area contributed by atoms with E-state index in [0.29, 0.717) is 25.1 Å². The Bertz CT molecular complexity index is 570. The molecule has 0 saturated heterocycles. The van der Waals surface area contributed by atoms with Gasteiger partial charge >= 0.3 is 5.97 Å². The number of benzene rings is 1. The predicted octanol–water partition coefficient (Wildman–Crippen LogP) is 3.39. The number of nitrogen functional groups attached to an aromatic ring is 1. The standard InChI is InChI=1S/C20H30N2O3/c1-16(2)20(24)25-14-7-5-3-4-6-11-19(23)22-13-12-17-9-8-10-18(21)15-17/h8-10,15H,1,3-7,11-14,21H2,2H3,(H,22,23). The fourth-order valence-electron chi connectivity index (χ4n) is 2.39. The Balaban J connectivity index is 1.95. The zero-order valence-corrected chi connectivity index (χ0v) is 15.2. The van der Waals surface area contributed by atoms with Gasteiger partial charge in [-0.15, -0.1) is 0 Å². The quantitative estimate of drug-likeness (QED) is 0.263. The van der Waals surface area contributed by atoms with Gasteiger partial charge in [0.15, 0.2) is 0 Å². The molecule has 0 unspecified atom stereocenters. The molecule has 1 amide bonds. The third-order valence-corrected chi connectivity index (χ3v) is 3.82. The lowest BCUT2D eigenvalue weighted by Crippen LogP contribution is -2.25. The van der Waals surface area contributed by atoms with Gasteiger partial charge in [-0.3, -0.25) is 4.79 Å². The van der Waals surface area contributed by atoms with Crippen molar-refractivity contribution in [2.75, 3.05) is 18.9 Å². The minimum atomic E-state index is -0.324. The molecule has 1 aromatic carbocycles. The van der Waals surface area contributed by atoms with E-state index in [9.17, 15) is 9.59 Å². The Kier molecular flexibility index (Phi) is 10.1. The second-order valence-electron chi connectivity index (χ2n) is 6.28. The number of hydrogen-bond donors (Lipinski definition) is 2. The molecule has 0 heterocycles. The van der Waals surface area contributed by atoms with Gasteiger partial charge in [-0.1, -0.05) is 38.0 Å². The van der Waals surface area contributed by atoms with E-state index >= 15 is 0 Å². The maximum absolute atomic E-state index is 11.8. The Labute approximate surface area is 150 Å². The molecule has 0 aliphatic heterocycles. The van der Waals surface area contributed by atoms with E-state index in [-0.39, 0.29) is 11.9 Å². The molecule has 0 aliphatic carbocycles. The number of anilines is 1. The first-order valence-corrected chi connectivity index (χ1v) is 8.93. The van der Waals surface area contributed by atoms with Gasteiger partial charge in [0.05, 0.1) is 6.61 Å². The van der Waals surface area contributed by atoms with Crippen LogP contribution in [0.15, 0.2) is 36.4 Å². The molecule has 0 bridgehead atoms. The zero-order chi connectivity index (χ0) is 18.5. The highest BCUT2D eigenvalue weighted by atomic mass is 16.5. The number of hydrogen-bond acceptors (Lipinski definition) is 4. The van der Waals surface area contributed by atoms with Crippen LogP contribution in [0.4, 0.5) is 5.69 Å². The largest absolute Gasteiger partial charge is 0.462 e. The molecule has 3 N–H and O–H groups in total. The smallest absolute Gasteiger partial charge is 0.333 e. The molecular weight excluding hydrogens is 316 g/mol. The van der Waals surface area contributed by atoms with E-state index < -0.39 is 0 Å². The van der Waals surface area contributed by atoms with E-state index in [4.69, 9.17) is 10.5 Å². The van der Waals surface area contributed by atoms with Crippen LogP contribution >= 0.6 is 0 Å². The molecule has 138 valence electrons. The van der Waals surface area contributed by atoms with Crippen LogP contribution in [0, 0.1) is 0 Å². The van der Waals surface area contributed by atoms with E-state index in [1.54, 1.807) is 6.92 Å². The summed E-state index contributed by atoms with van der Waals surface area (Å²) in [6.07, 6.45) is 6.14. The number of rotatable bonds is 12. The Hall–Kier alpha value is -2.30. The Morgan fingerprint density at radius 1 is 1.16 bits per heavy atom. The number of amides is 1. The Morgan fingerprint density at radius 3 is 2.60 bits per heavy atom. The molecule has 1 aromatic rings. The summed E-state index contributed by atoms with van der Waals surface area (Å²) in [5, 5.41) is 2.94. The number of unbranched alkanes of at least 4 members (excludes halogenated alkanes) is 4. The molecule has 0 saturated carbocycles. The minimum Gasteiger partial charge on any atom is -0.462 e. The predicted molar refractivity (Wildman–Crippen MR) is 101 cm³/mol. The van der Waals surface area contributed by atoms with Crippen LogP contribution in [0.25, 0.3) is 0 Å². The fraction of sp³-hybridized carbons (Fsp3) is 0.500. The summed E-state index contributed by atoms with van der Waals surface area (Å²) in [6, 6.07) is 7.72. The van der Waals surface area contributed by atoms with Crippen LogP contribution < -0.4 is 11.1 Å². The van der Waals surface area contributed by atoms with Gasteiger partial charge in [-0.2, -0.15) is 0 Å². The first-order chi connectivity index (χ1) is 12.0. The molecule has 0 aliphatic rings. The molecule has 0 fully saturated rings. The fourth-order valence-corrected chi connectivity index (χ4v) is 2.39. The van der Waals surface area contributed by atoms with Gasteiger partial charge in [0.25, 0.3) is 0 Å². The second-order valence-corrected chi connectivity index (χ2v) is 6.28. The molecule has 0 atom stereocenters. The maximum Gasteiger partial charge on any atom is 0.333 e. The summed E-state index contributed by atoms with van der Waals surface area (Å²) in [7, 11) is 0. The van der Waals surface area contributed by atoms with E-state index in [1.165, 1.54) is 0 Å². The highest BCUT2D eigenvalue weighted by Crippen LogP contribution is 2.08. The van der Waals surface area contributed by atoms with Crippen molar-refractivity contribution in [3.05, 3.63) is 42.0 Å². The molecule has 0 aromatic heterocycles. The van der Waals surface area contributed by atoms with Gasteiger partial charge in [0, 0.05) is 24.2 Å². The van der Waals surface area contributed by atoms with Crippen LogP contribution in [-0.2, 0) is 20.7 Å². The van der Waals surface area contributed by atoms with Crippen LogP contribution in [0.5, 0.6) is 0 Å². The monoisotopic (exact) mass is 346 g/mol. The molecule has 5 heteroatoms. The van der Waals surface area contributed by atoms with Crippen molar-refractivity contribution in [2.24, 2.45) is 0 Å². The SMILES string of the molecule is C=C(C)C(=O)OCCCCCCCC(=O)NCCc1cccc(N)c1. The van der Waals surface area contributed by atoms with Crippen LogP contribution in [0.2, 0.25) is 0 Å². The lowest BCUT2D eigenvalue weighted by atomic mass is 10.1. The first kappa shape index (κ1) is 20.7. The Morgan fingerprint density at radius 2 is 1.88 bits per heavy atom. The molecule has 0 radical (unpaired) electrons. The third kappa shape index (κ3) is 10.2. The number of carbonyl (C=O) groups is 2. The normalized spacial score (nSPS) is 10.3.